The number of aliphatic hydroxyl groups is 1. The first-order valence-corrected chi connectivity index (χ1v) is 11.2. The van der Waals surface area contributed by atoms with E-state index in [1.807, 2.05) is 12.1 Å². The van der Waals surface area contributed by atoms with E-state index in [-0.39, 0.29) is 6.10 Å². The predicted octanol–water partition coefficient (Wildman–Crippen LogP) is 4.51. The van der Waals surface area contributed by atoms with Crippen LogP contribution < -0.4 is 9.64 Å². The quantitative estimate of drug-likeness (QED) is 0.390. The number of ether oxygens (including phenoxy) is 1. The van der Waals surface area contributed by atoms with Gasteiger partial charge in [-0.3, -0.25) is 9.78 Å². The van der Waals surface area contributed by atoms with E-state index in [1.165, 1.54) is 12.3 Å². The maximum atomic E-state index is 13.0. The summed E-state index contributed by atoms with van der Waals surface area (Å²) in [4.78, 5) is 28.9. The SMILES string of the molecule is CO.O=Cc1cncc(OC2CCN(c3ccc(-c4nc5ccc(C(F)(F)F)cc5[nH]4)cn3)CC2)c1. The van der Waals surface area contributed by atoms with Gasteiger partial charge in [-0.05, 0) is 36.4 Å². The second kappa shape index (κ2) is 10.7. The van der Waals surface area contributed by atoms with Gasteiger partial charge in [0.25, 0.3) is 0 Å². The number of hydrogen-bond acceptors (Lipinski definition) is 7. The lowest BCUT2D eigenvalue weighted by atomic mass is 10.1. The number of carbonyl (C=O) groups is 1. The number of rotatable bonds is 5. The summed E-state index contributed by atoms with van der Waals surface area (Å²) in [5, 5.41) is 7.00. The fourth-order valence-electron chi connectivity index (χ4n) is 4.00. The van der Waals surface area contributed by atoms with E-state index >= 15 is 0 Å². The molecule has 5 rings (SSSR count). The van der Waals surface area contributed by atoms with Crippen LogP contribution >= 0.6 is 0 Å². The molecule has 188 valence electrons. The van der Waals surface area contributed by atoms with Crippen molar-refractivity contribution in [3.63, 3.8) is 0 Å². The summed E-state index contributed by atoms with van der Waals surface area (Å²) in [6.07, 6.45) is 2.69. The van der Waals surface area contributed by atoms with Gasteiger partial charge in [0.05, 0.1) is 22.8 Å². The Kier molecular flexibility index (Phi) is 7.49. The van der Waals surface area contributed by atoms with Gasteiger partial charge in [-0.1, -0.05) is 0 Å². The van der Waals surface area contributed by atoms with Crippen LogP contribution in [0.5, 0.6) is 5.75 Å². The van der Waals surface area contributed by atoms with Crippen LogP contribution in [0.3, 0.4) is 0 Å². The van der Waals surface area contributed by atoms with Crippen molar-refractivity contribution in [1.29, 1.82) is 0 Å². The number of benzene rings is 1. The molecule has 1 aromatic carbocycles. The van der Waals surface area contributed by atoms with Crippen LogP contribution in [0, 0.1) is 0 Å². The molecule has 0 radical (unpaired) electrons. The number of alkyl halides is 3. The van der Waals surface area contributed by atoms with Gasteiger partial charge in [0, 0.05) is 56.6 Å². The second-order valence-corrected chi connectivity index (χ2v) is 8.10. The summed E-state index contributed by atoms with van der Waals surface area (Å²) in [5.41, 5.74) is 1.23. The lowest BCUT2D eigenvalue weighted by molar-refractivity contribution is -0.137. The number of aldehydes is 1. The standard InChI is InChI=1S/C24H20F3N5O2.CH4O/c25-24(26,27)17-2-3-20-21(10-17)31-23(30-20)16-1-4-22(29-12-16)32-7-5-18(6-8-32)34-19-9-15(14-33)11-28-13-19;1-2/h1-4,9-14,18H,5-8H2,(H,30,31);2H,1H3. The molecule has 4 aromatic rings. The Labute approximate surface area is 204 Å². The highest BCUT2D eigenvalue weighted by molar-refractivity contribution is 5.80. The van der Waals surface area contributed by atoms with Crippen molar-refractivity contribution in [2.24, 2.45) is 0 Å². The van der Waals surface area contributed by atoms with E-state index in [0.717, 1.165) is 57.3 Å². The number of nitrogens with zero attached hydrogens (tertiary/aromatic N) is 4. The van der Waals surface area contributed by atoms with Gasteiger partial charge in [0.2, 0.25) is 0 Å². The predicted molar refractivity (Wildman–Crippen MR) is 128 cm³/mol. The number of aromatic amines is 1. The molecule has 0 spiro atoms. The van der Waals surface area contributed by atoms with Crippen LogP contribution in [0.2, 0.25) is 0 Å². The molecule has 1 saturated heterocycles. The average molecular weight is 499 g/mol. The normalized spacial score (nSPS) is 14.3. The molecule has 36 heavy (non-hydrogen) atoms. The summed E-state index contributed by atoms with van der Waals surface area (Å²) in [5.74, 6) is 1.85. The maximum absolute atomic E-state index is 13.0. The third kappa shape index (κ3) is 5.62. The first-order valence-electron chi connectivity index (χ1n) is 11.2. The van der Waals surface area contributed by atoms with Crippen molar-refractivity contribution < 1.29 is 27.8 Å². The van der Waals surface area contributed by atoms with E-state index in [9.17, 15) is 18.0 Å². The molecule has 1 aliphatic rings. The second-order valence-electron chi connectivity index (χ2n) is 8.10. The number of anilines is 1. The topological polar surface area (TPSA) is 104 Å². The smallest absolute Gasteiger partial charge is 0.416 e. The molecular weight excluding hydrogens is 475 g/mol. The van der Waals surface area contributed by atoms with Gasteiger partial charge in [0.15, 0.2) is 6.29 Å². The highest BCUT2D eigenvalue weighted by Gasteiger charge is 2.30. The summed E-state index contributed by atoms with van der Waals surface area (Å²) in [6, 6.07) is 8.85. The third-order valence-electron chi connectivity index (χ3n) is 5.77. The van der Waals surface area contributed by atoms with Crippen molar-refractivity contribution in [2.75, 3.05) is 25.1 Å². The van der Waals surface area contributed by atoms with E-state index in [4.69, 9.17) is 9.84 Å². The van der Waals surface area contributed by atoms with Gasteiger partial charge in [-0.15, -0.1) is 0 Å². The fourth-order valence-corrected chi connectivity index (χ4v) is 4.00. The Morgan fingerprint density at radius 1 is 1.08 bits per heavy atom. The molecule has 0 saturated carbocycles. The van der Waals surface area contributed by atoms with Crippen molar-refractivity contribution in [1.82, 2.24) is 19.9 Å². The minimum Gasteiger partial charge on any atom is -0.489 e. The Hall–Kier alpha value is -3.99. The van der Waals surface area contributed by atoms with Crippen LogP contribution in [0.25, 0.3) is 22.4 Å². The fraction of sp³-hybridized carbons (Fsp3) is 0.280. The first-order chi connectivity index (χ1) is 17.4. The highest BCUT2D eigenvalue weighted by Crippen LogP contribution is 2.32. The van der Waals surface area contributed by atoms with E-state index in [0.29, 0.717) is 33.7 Å². The molecule has 11 heteroatoms. The molecule has 8 nitrogen and oxygen atoms in total. The molecule has 3 aromatic heterocycles. The van der Waals surface area contributed by atoms with Crippen molar-refractivity contribution in [3.8, 4) is 17.1 Å². The van der Waals surface area contributed by atoms with E-state index < -0.39 is 11.7 Å². The van der Waals surface area contributed by atoms with Crippen LogP contribution in [-0.4, -0.2) is 57.6 Å². The number of carbonyl (C=O) groups excluding carboxylic acids is 1. The lowest BCUT2D eigenvalue weighted by Gasteiger charge is -2.32. The number of aliphatic hydroxyl groups excluding tert-OH is 1. The van der Waals surface area contributed by atoms with Gasteiger partial charge in [-0.2, -0.15) is 13.2 Å². The number of piperidine rings is 1. The number of imidazole rings is 1. The van der Waals surface area contributed by atoms with Crippen LogP contribution in [0.4, 0.5) is 19.0 Å². The first kappa shape index (κ1) is 25.1. The minimum atomic E-state index is -4.41. The van der Waals surface area contributed by atoms with Gasteiger partial charge in [-0.25, -0.2) is 9.97 Å². The van der Waals surface area contributed by atoms with Crippen LogP contribution in [0.1, 0.15) is 28.8 Å². The molecule has 0 bridgehead atoms. The zero-order valence-electron chi connectivity index (χ0n) is 19.4. The lowest BCUT2D eigenvalue weighted by Crippen LogP contribution is -2.38. The Balaban J connectivity index is 0.00000148. The molecule has 4 heterocycles. The summed E-state index contributed by atoms with van der Waals surface area (Å²) in [7, 11) is 1.00. The molecular formula is C25H24F3N5O3. The zero-order chi connectivity index (χ0) is 25.7. The summed E-state index contributed by atoms with van der Waals surface area (Å²) >= 11 is 0. The number of fused-ring (bicyclic) bond motifs is 1. The molecule has 0 unspecified atom stereocenters. The molecule has 0 amide bonds. The van der Waals surface area contributed by atoms with Gasteiger partial charge >= 0.3 is 6.18 Å². The Bertz CT molecular complexity index is 1320. The van der Waals surface area contributed by atoms with Crippen LogP contribution in [-0.2, 0) is 6.18 Å². The third-order valence-corrected chi connectivity index (χ3v) is 5.77. The summed E-state index contributed by atoms with van der Waals surface area (Å²) in [6.45, 7) is 1.51. The molecule has 0 aliphatic carbocycles. The van der Waals surface area contributed by atoms with Crippen molar-refractivity contribution >= 4 is 23.1 Å². The van der Waals surface area contributed by atoms with Crippen molar-refractivity contribution in [3.05, 3.63) is 66.1 Å². The highest BCUT2D eigenvalue weighted by atomic mass is 19.4. The number of pyridine rings is 2. The van der Waals surface area contributed by atoms with Crippen molar-refractivity contribution in [2.45, 2.75) is 25.1 Å². The molecule has 1 aliphatic heterocycles. The van der Waals surface area contributed by atoms with Gasteiger partial charge < -0.3 is 19.7 Å². The van der Waals surface area contributed by atoms with Gasteiger partial charge in [0.1, 0.15) is 23.5 Å². The largest absolute Gasteiger partial charge is 0.489 e. The van der Waals surface area contributed by atoms with Crippen LogP contribution in [0.15, 0.2) is 55.0 Å². The Morgan fingerprint density at radius 2 is 1.86 bits per heavy atom. The zero-order valence-corrected chi connectivity index (χ0v) is 19.4. The Morgan fingerprint density at radius 3 is 2.53 bits per heavy atom. The number of H-pyrrole nitrogens is 1. The number of hydrogen-bond donors (Lipinski definition) is 2. The average Bonchev–Trinajstić information content (AvgIpc) is 3.34. The number of nitrogens with one attached hydrogen (secondary N) is 1. The minimum absolute atomic E-state index is 0.0244. The molecule has 1 fully saturated rings. The summed E-state index contributed by atoms with van der Waals surface area (Å²) < 4.78 is 44.8. The molecule has 0 atom stereocenters. The van der Waals surface area contributed by atoms with E-state index in [2.05, 4.69) is 24.8 Å². The maximum Gasteiger partial charge on any atom is 0.416 e. The monoisotopic (exact) mass is 499 g/mol. The number of aromatic nitrogens is 4. The van der Waals surface area contributed by atoms with E-state index in [1.54, 1.807) is 18.5 Å². The number of halogens is 3. The molecule has 2 N–H and O–H groups in total.